The molecule has 7 rings (SSSR count). The highest BCUT2D eigenvalue weighted by molar-refractivity contribution is 6.41. The van der Waals surface area contributed by atoms with Crippen molar-refractivity contribution in [3.8, 4) is 0 Å². The zero-order valence-electron chi connectivity index (χ0n) is 21.6. The van der Waals surface area contributed by atoms with Crippen LogP contribution < -0.4 is 21.7 Å². The van der Waals surface area contributed by atoms with E-state index in [4.69, 9.17) is 5.73 Å². The fourth-order valence-corrected chi connectivity index (χ4v) is 6.06. The second-order valence-corrected chi connectivity index (χ2v) is 10.5. The molecule has 4 heterocycles. The minimum absolute atomic E-state index is 0.610. The average molecular weight is 501 g/mol. The number of anilines is 2. The van der Waals surface area contributed by atoms with Gasteiger partial charge in [0, 0.05) is 40.8 Å². The largest absolute Gasteiger partial charge is 0.553 e. The summed E-state index contributed by atoms with van der Waals surface area (Å²) in [7, 11) is 4.36. The quantitative estimate of drug-likeness (QED) is 0.278. The van der Waals surface area contributed by atoms with Gasteiger partial charge in [-0.15, -0.1) is 5.53 Å². The van der Waals surface area contributed by atoms with E-state index in [1.807, 2.05) is 12.1 Å². The minimum atomic E-state index is 0.610. The third-order valence-electron chi connectivity index (χ3n) is 8.02. The molecule has 1 aliphatic carbocycles. The maximum absolute atomic E-state index is 6.05. The summed E-state index contributed by atoms with van der Waals surface area (Å²) >= 11 is 0. The van der Waals surface area contributed by atoms with Crippen molar-refractivity contribution >= 4 is 30.5 Å². The third-order valence-corrected chi connectivity index (χ3v) is 8.02. The molecule has 4 aliphatic rings. The van der Waals surface area contributed by atoms with Gasteiger partial charge in [-0.3, -0.25) is 9.39 Å². The summed E-state index contributed by atoms with van der Waals surface area (Å²) in [6.45, 7) is 0.825. The van der Waals surface area contributed by atoms with Crippen molar-refractivity contribution in [2.45, 2.75) is 32.2 Å². The smallest absolute Gasteiger partial charge is 0.399 e. The van der Waals surface area contributed by atoms with E-state index in [0.717, 1.165) is 40.8 Å². The van der Waals surface area contributed by atoms with Gasteiger partial charge < -0.3 is 15.6 Å². The van der Waals surface area contributed by atoms with Crippen molar-refractivity contribution in [2.75, 3.05) is 17.8 Å². The van der Waals surface area contributed by atoms with Gasteiger partial charge in [-0.05, 0) is 54.3 Å². The summed E-state index contributed by atoms with van der Waals surface area (Å²) in [5.41, 5.74) is 20.9. The van der Waals surface area contributed by atoms with Crippen LogP contribution in [-0.2, 0) is 6.54 Å². The van der Waals surface area contributed by atoms with Crippen LogP contribution in [0.15, 0.2) is 96.5 Å². The van der Waals surface area contributed by atoms with Gasteiger partial charge in [0.1, 0.15) is 18.1 Å². The number of hydrogen-bond acceptors (Lipinski definition) is 4. The SMILES string of the molecule is C[N+](Cc1ccccc1)=C1C=CC2=C(c3ccc(N)cc3)c3ccc(N4C=C(C5CCCC5)NN4)n3[B]N21. The topological polar surface area (TPSA) is 64.5 Å². The lowest BCUT2D eigenvalue weighted by molar-refractivity contribution is -0.516. The van der Waals surface area contributed by atoms with Crippen molar-refractivity contribution in [3.05, 3.63) is 113 Å². The van der Waals surface area contributed by atoms with E-state index in [1.54, 1.807) is 0 Å². The molecular formula is C30H32BN7+. The Hall–Kier alpha value is -4.17. The first-order valence-electron chi connectivity index (χ1n) is 13.4. The first-order valence-corrected chi connectivity index (χ1v) is 13.4. The van der Waals surface area contributed by atoms with E-state index in [9.17, 15) is 0 Å². The Kier molecular flexibility index (Phi) is 5.62. The van der Waals surface area contributed by atoms with Crippen LogP contribution in [-0.4, -0.2) is 34.3 Å². The van der Waals surface area contributed by atoms with Crippen LogP contribution in [0.25, 0.3) is 5.57 Å². The first kappa shape index (κ1) is 23.0. The molecule has 4 N–H and O–H groups in total. The Morgan fingerprint density at radius 3 is 2.55 bits per heavy atom. The molecule has 3 aliphatic heterocycles. The Morgan fingerprint density at radius 2 is 1.76 bits per heavy atom. The summed E-state index contributed by atoms with van der Waals surface area (Å²) < 4.78 is 4.58. The van der Waals surface area contributed by atoms with E-state index in [2.05, 4.69) is 117 Å². The summed E-state index contributed by atoms with van der Waals surface area (Å²) in [5, 5.41) is 2.11. The lowest BCUT2D eigenvalue weighted by Crippen LogP contribution is -2.44. The van der Waals surface area contributed by atoms with Crippen LogP contribution in [0.3, 0.4) is 0 Å². The van der Waals surface area contributed by atoms with Gasteiger partial charge in [-0.1, -0.05) is 55.3 Å². The maximum Gasteiger partial charge on any atom is 0.553 e. The van der Waals surface area contributed by atoms with E-state index in [-0.39, 0.29) is 0 Å². The van der Waals surface area contributed by atoms with Gasteiger partial charge in [-0.2, -0.15) is 0 Å². The molecule has 0 bridgehead atoms. The monoisotopic (exact) mass is 501 g/mol. The molecule has 0 spiro atoms. The molecule has 189 valence electrons. The number of nitrogens with zero attached hydrogens (tertiary/aromatic N) is 4. The van der Waals surface area contributed by atoms with Gasteiger partial charge in [0.2, 0.25) is 0 Å². The zero-order valence-corrected chi connectivity index (χ0v) is 21.6. The van der Waals surface area contributed by atoms with Gasteiger partial charge in [0.05, 0.1) is 7.05 Å². The Labute approximate surface area is 224 Å². The van der Waals surface area contributed by atoms with E-state index < -0.39 is 0 Å². The third kappa shape index (κ3) is 3.92. The van der Waals surface area contributed by atoms with Crippen molar-refractivity contribution < 1.29 is 4.58 Å². The molecule has 3 aromatic rings. The van der Waals surface area contributed by atoms with Crippen molar-refractivity contribution in [1.82, 2.24) is 20.2 Å². The second-order valence-electron chi connectivity index (χ2n) is 10.5. The van der Waals surface area contributed by atoms with E-state index in [0.29, 0.717) is 5.92 Å². The molecule has 1 radical (unpaired) electrons. The normalized spacial score (nSPS) is 19.9. The summed E-state index contributed by atoms with van der Waals surface area (Å²) in [4.78, 5) is 2.30. The van der Waals surface area contributed by atoms with Gasteiger partial charge in [0.25, 0.3) is 5.84 Å². The zero-order chi connectivity index (χ0) is 25.6. The fourth-order valence-electron chi connectivity index (χ4n) is 6.06. The lowest BCUT2D eigenvalue weighted by Gasteiger charge is -2.27. The molecule has 1 fully saturated rings. The molecule has 38 heavy (non-hydrogen) atoms. The van der Waals surface area contributed by atoms with Crippen molar-refractivity contribution in [2.24, 2.45) is 5.92 Å². The number of fused-ring (bicyclic) bond motifs is 2. The molecule has 0 atom stereocenters. The van der Waals surface area contributed by atoms with Crippen LogP contribution in [0.2, 0.25) is 0 Å². The predicted octanol–water partition coefficient (Wildman–Crippen LogP) is 4.20. The Morgan fingerprint density at radius 1 is 0.974 bits per heavy atom. The van der Waals surface area contributed by atoms with Gasteiger partial charge >= 0.3 is 7.55 Å². The highest BCUT2D eigenvalue weighted by Gasteiger charge is 2.40. The van der Waals surface area contributed by atoms with Gasteiger partial charge in [-0.25, -0.2) is 5.01 Å². The number of nitrogens with two attached hydrogens (primary N) is 1. The average Bonchev–Trinajstić information content (AvgIpc) is 3.74. The molecule has 7 nitrogen and oxygen atoms in total. The fraction of sp³-hybridized carbons (Fsp3) is 0.233. The molecule has 0 saturated heterocycles. The summed E-state index contributed by atoms with van der Waals surface area (Å²) in [6.07, 6.45) is 11.8. The maximum atomic E-state index is 6.05. The number of hydrazine groups is 2. The second kappa shape index (κ2) is 9.29. The molecule has 2 aromatic carbocycles. The molecule has 1 aromatic heterocycles. The Balaban J connectivity index is 1.30. The van der Waals surface area contributed by atoms with Crippen LogP contribution in [0, 0.1) is 5.92 Å². The standard InChI is InChI=1S/C30H31BN7/c1-35(19-21-7-3-2-4-8-21)28-17-15-26-30(23-11-13-24(32)14-12-23)27-16-18-29(38(27)31-37(26)28)36-20-25(33-34-36)22-9-5-6-10-22/h2-4,7-8,11-18,20,22,32-34H,5-6,9-10,19H2,1H3/p+1. The molecule has 1 saturated carbocycles. The first-order chi connectivity index (χ1) is 18.7. The molecular weight excluding hydrogens is 469 g/mol. The minimum Gasteiger partial charge on any atom is -0.399 e. The van der Waals surface area contributed by atoms with Crippen LogP contribution in [0.4, 0.5) is 11.5 Å². The van der Waals surface area contributed by atoms with Crippen molar-refractivity contribution in [3.63, 3.8) is 0 Å². The predicted molar refractivity (Wildman–Crippen MR) is 154 cm³/mol. The van der Waals surface area contributed by atoms with Crippen LogP contribution >= 0.6 is 0 Å². The Bertz CT molecular complexity index is 1490. The highest BCUT2D eigenvalue weighted by Crippen LogP contribution is 2.39. The van der Waals surface area contributed by atoms with Crippen molar-refractivity contribution in [1.29, 1.82) is 0 Å². The number of benzene rings is 2. The van der Waals surface area contributed by atoms with E-state index >= 15 is 0 Å². The van der Waals surface area contributed by atoms with Crippen LogP contribution in [0.1, 0.15) is 42.5 Å². The number of nitrogen functional groups attached to an aromatic ring is 1. The number of allylic oxidation sites excluding steroid dienone is 2. The number of hydrogen-bond donors (Lipinski definition) is 3. The number of rotatable bonds is 5. The number of aromatic nitrogens is 1. The van der Waals surface area contributed by atoms with Gasteiger partial charge in [0.15, 0.2) is 0 Å². The molecule has 0 unspecified atom stereocenters. The number of amidine groups is 1. The summed E-state index contributed by atoms with van der Waals surface area (Å²) in [5.74, 6) is 2.81. The summed E-state index contributed by atoms with van der Waals surface area (Å²) in [6, 6.07) is 23.2. The lowest BCUT2D eigenvalue weighted by atomic mass is 9.91. The van der Waals surface area contributed by atoms with E-state index in [1.165, 1.54) is 42.5 Å². The molecule has 0 amide bonds. The molecule has 8 heteroatoms. The van der Waals surface area contributed by atoms with Crippen LogP contribution in [0.5, 0.6) is 0 Å². The number of nitrogens with one attached hydrogen (secondary N) is 2. The highest BCUT2D eigenvalue weighted by atomic mass is 15.7.